The van der Waals surface area contributed by atoms with Gasteiger partial charge < -0.3 is 5.11 Å². The van der Waals surface area contributed by atoms with Crippen LogP contribution in [0.2, 0.25) is 0 Å². The van der Waals surface area contributed by atoms with Gasteiger partial charge in [-0.15, -0.1) is 0 Å². The SMILES string of the molecule is N#CC1(c2ccccc2C(=O)O)CC1. The van der Waals surface area contributed by atoms with Crippen molar-refractivity contribution in [2.45, 2.75) is 18.3 Å². The Kier molecular flexibility index (Phi) is 1.78. The maximum atomic E-state index is 10.9. The molecular weight excluding hydrogens is 178 g/mol. The van der Waals surface area contributed by atoms with Crippen molar-refractivity contribution >= 4 is 5.97 Å². The number of rotatable bonds is 2. The second kappa shape index (κ2) is 2.85. The molecule has 1 aromatic rings. The Labute approximate surface area is 81.6 Å². The first-order valence-electron chi connectivity index (χ1n) is 4.44. The lowest BCUT2D eigenvalue weighted by atomic mass is 9.93. The summed E-state index contributed by atoms with van der Waals surface area (Å²) in [6.45, 7) is 0. The van der Waals surface area contributed by atoms with Crippen LogP contribution in [0, 0.1) is 11.3 Å². The monoisotopic (exact) mass is 187 g/mol. The highest BCUT2D eigenvalue weighted by Crippen LogP contribution is 2.48. The molecule has 1 aliphatic rings. The van der Waals surface area contributed by atoms with Gasteiger partial charge in [-0.05, 0) is 24.5 Å². The molecule has 70 valence electrons. The van der Waals surface area contributed by atoms with E-state index in [4.69, 9.17) is 10.4 Å². The van der Waals surface area contributed by atoms with Gasteiger partial charge in [-0.3, -0.25) is 0 Å². The topological polar surface area (TPSA) is 61.1 Å². The summed E-state index contributed by atoms with van der Waals surface area (Å²) in [6, 6.07) is 8.95. The van der Waals surface area contributed by atoms with Gasteiger partial charge in [0.1, 0.15) is 0 Å². The summed E-state index contributed by atoms with van der Waals surface area (Å²) in [6.07, 6.45) is 1.54. The van der Waals surface area contributed by atoms with Crippen LogP contribution in [0.3, 0.4) is 0 Å². The number of nitriles is 1. The van der Waals surface area contributed by atoms with Gasteiger partial charge in [0.15, 0.2) is 0 Å². The molecule has 1 saturated carbocycles. The molecule has 0 unspecified atom stereocenters. The smallest absolute Gasteiger partial charge is 0.336 e. The molecule has 1 aromatic carbocycles. The number of nitrogens with zero attached hydrogens (tertiary/aromatic N) is 1. The third kappa shape index (κ3) is 1.16. The minimum Gasteiger partial charge on any atom is -0.478 e. The van der Waals surface area contributed by atoms with E-state index in [9.17, 15) is 4.79 Å². The largest absolute Gasteiger partial charge is 0.478 e. The number of hydrogen-bond acceptors (Lipinski definition) is 2. The molecule has 1 aliphatic carbocycles. The Morgan fingerprint density at radius 2 is 2.07 bits per heavy atom. The lowest BCUT2D eigenvalue weighted by Crippen LogP contribution is -2.10. The zero-order valence-electron chi connectivity index (χ0n) is 7.53. The zero-order valence-corrected chi connectivity index (χ0v) is 7.53. The van der Waals surface area contributed by atoms with Crippen LogP contribution in [0.25, 0.3) is 0 Å². The van der Waals surface area contributed by atoms with Crippen molar-refractivity contribution in [2.24, 2.45) is 0 Å². The summed E-state index contributed by atoms with van der Waals surface area (Å²) in [7, 11) is 0. The molecule has 0 aromatic heterocycles. The summed E-state index contributed by atoms with van der Waals surface area (Å²) in [5.41, 5.74) is 0.399. The second-order valence-corrected chi connectivity index (χ2v) is 3.54. The van der Waals surface area contributed by atoms with E-state index in [2.05, 4.69) is 6.07 Å². The molecule has 3 nitrogen and oxygen atoms in total. The minimum absolute atomic E-state index is 0.256. The average Bonchev–Trinajstić information content (AvgIpc) is 2.98. The minimum atomic E-state index is -0.956. The molecule has 2 rings (SSSR count). The van der Waals surface area contributed by atoms with Gasteiger partial charge in [-0.2, -0.15) is 5.26 Å². The lowest BCUT2D eigenvalue weighted by molar-refractivity contribution is 0.0695. The maximum absolute atomic E-state index is 10.9. The molecule has 0 heterocycles. The summed E-state index contributed by atoms with van der Waals surface area (Å²) >= 11 is 0. The van der Waals surface area contributed by atoms with Crippen LogP contribution in [-0.2, 0) is 5.41 Å². The quantitative estimate of drug-likeness (QED) is 0.769. The molecule has 0 saturated heterocycles. The van der Waals surface area contributed by atoms with Gasteiger partial charge in [0, 0.05) is 0 Å². The number of carboxylic acid groups (broad SMARTS) is 1. The zero-order chi connectivity index (χ0) is 10.2. The van der Waals surface area contributed by atoms with Gasteiger partial charge in [0.2, 0.25) is 0 Å². The summed E-state index contributed by atoms with van der Waals surface area (Å²) in [5.74, 6) is -0.956. The van der Waals surface area contributed by atoms with E-state index in [1.807, 2.05) is 0 Å². The average molecular weight is 187 g/mol. The van der Waals surface area contributed by atoms with Gasteiger partial charge in [-0.25, -0.2) is 4.79 Å². The van der Waals surface area contributed by atoms with Crippen LogP contribution in [0.15, 0.2) is 24.3 Å². The lowest BCUT2D eigenvalue weighted by Gasteiger charge is -2.09. The van der Waals surface area contributed by atoms with E-state index in [0.717, 1.165) is 12.8 Å². The van der Waals surface area contributed by atoms with Gasteiger partial charge in [0.25, 0.3) is 0 Å². The van der Waals surface area contributed by atoms with E-state index in [0.29, 0.717) is 5.56 Å². The van der Waals surface area contributed by atoms with Crippen LogP contribution >= 0.6 is 0 Å². The van der Waals surface area contributed by atoms with E-state index >= 15 is 0 Å². The number of carbonyl (C=O) groups is 1. The molecular formula is C11H9NO2. The van der Waals surface area contributed by atoms with Crippen molar-refractivity contribution in [3.8, 4) is 6.07 Å². The van der Waals surface area contributed by atoms with E-state index in [1.54, 1.807) is 24.3 Å². The molecule has 0 amide bonds. The van der Waals surface area contributed by atoms with Gasteiger partial charge in [0.05, 0.1) is 17.0 Å². The molecule has 0 atom stereocenters. The van der Waals surface area contributed by atoms with Crippen molar-refractivity contribution in [1.29, 1.82) is 5.26 Å². The van der Waals surface area contributed by atoms with E-state index < -0.39 is 11.4 Å². The number of aromatic carboxylic acids is 1. The highest BCUT2D eigenvalue weighted by molar-refractivity contribution is 5.90. The Morgan fingerprint density at radius 3 is 2.57 bits per heavy atom. The fraction of sp³-hybridized carbons (Fsp3) is 0.273. The van der Waals surface area contributed by atoms with Crippen LogP contribution in [0.1, 0.15) is 28.8 Å². The van der Waals surface area contributed by atoms with Crippen LogP contribution in [0.5, 0.6) is 0 Å². The van der Waals surface area contributed by atoms with Crippen molar-refractivity contribution < 1.29 is 9.90 Å². The Balaban J connectivity index is 2.54. The second-order valence-electron chi connectivity index (χ2n) is 3.54. The predicted octanol–water partition coefficient (Wildman–Crippen LogP) is 1.94. The van der Waals surface area contributed by atoms with Gasteiger partial charge >= 0.3 is 5.97 Å². The molecule has 0 radical (unpaired) electrons. The molecule has 1 N–H and O–H groups in total. The van der Waals surface area contributed by atoms with E-state index in [1.165, 1.54) is 0 Å². The molecule has 1 fully saturated rings. The molecule has 0 aliphatic heterocycles. The third-order valence-electron chi connectivity index (χ3n) is 2.64. The predicted molar refractivity (Wildman–Crippen MR) is 49.9 cm³/mol. The first kappa shape index (κ1) is 8.76. The van der Waals surface area contributed by atoms with Crippen LogP contribution < -0.4 is 0 Å². The summed E-state index contributed by atoms with van der Waals surface area (Å²) < 4.78 is 0. The standard InChI is InChI=1S/C11H9NO2/c12-7-11(5-6-11)9-4-2-1-3-8(9)10(13)14/h1-4H,5-6H2,(H,13,14). The number of carboxylic acids is 1. The summed E-state index contributed by atoms with van der Waals surface area (Å²) in [4.78, 5) is 10.9. The van der Waals surface area contributed by atoms with Crippen molar-refractivity contribution in [2.75, 3.05) is 0 Å². The molecule has 14 heavy (non-hydrogen) atoms. The van der Waals surface area contributed by atoms with Crippen LogP contribution in [-0.4, -0.2) is 11.1 Å². The fourth-order valence-electron chi connectivity index (χ4n) is 1.65. The molecule has 0 spiro atoms. The third-order valence-corrected chi connectivity index (χ3v) is 2.64. The maximum Gasteiger partial charge on any atom is 0.336 e. The highest BCUT2D eigenvalue weighted by Gasteiger charge is 2.46. The number of benzene rings is 1. The van der Waals surface area contributed by atoms with Crippen LogP contribution in [0.4, 0.5) is 0 Å². The van der Waals surface area contributed by atoms with Crippen molar-refractivity contribution in [3.63, 3.8) is 0 Å². The van der Waals surface area contributed by atoms with E-state index in [-0.39, 0.29) is 5.56 Å². The first-order valence-corrected chi connectivity index (χ1v) is 4.44. The highest BCUT2D eigenvalue weighted by atomic mass is 16.4. The Hall–Kier alpha value is -1.82. The summed E-state index contributed by atoms with van der Waals surface area (Å²) in [5, 5.41) is 17.9. The first-order chi connectivity index (χ1) is 6.69. The normalized spacial score (nSPS) is 17.1. The van der Waals surface area contributed by atoms with Crippen molar-refractivity contribution in [1.82, 2.24) is 0 Å². The Bertz CT molecular complexity index is 427. The Morgan fingerprint density at radius 1 is 1.43 bits per heavy atom. The van der Waals surface area contributed by atoms with Gasteiger partial charge in [-0.1, -0.05) is 18.2 Å². The fourth-order valence-corrected chi connectivity index (χ4v) is 1.65. The van der Waals surface area contributed by atoms with Crippen molar-refractivity contribution in [3.05, 3.63) is 35.4 Å². The molecule has 0 bridgehead atoms. The molecule has 3 heteroatoms. The number of hydrogen-bond donors (Lipinski definition) is 1.